The lowest BCUT2D eigenvalue weighted by atomic mass is 10.3. The Kier molecular flexibility index (Phi) is 6.54. The van der Waals surface area contributed by atoms with E-state index in [9.17, 15) is 4.79 Å². The lowest BCUT2D eigenvalue weighted by Gasteiger charge is -2.23. The van der Waals surface area contributed by atoms with Crippen LogP contribution in [0.4, 0.5) is 5.69 Å². The van der Waals surface area contributed by atoms with E-state index in [2.05, 4.69) is 0 Å². The van der Waals surface area contributed by atoms with Gasteiger partial charge in [-0.05, 0) is 19.9 Å². The van der Waals surface area contributed by atoms with Crippen LogP contribution >= 0.6 is 0 Å². The minimum absolute atomic E-state index is 0.0514. The fourth-order valence-electron chi connectivity index (χ4n) is 1.98. The van der Waals surface area contributed by atoms with Crippen LogP contribution in [0.5, 0.6) is 0 Å². The van der Waals surface area contributed by atoms with Crippen molar-refractivity contribution in [1.29, 1.82) is 0 Å². The number of rotatable bonds is 8. The Morgan fingerprint density at radius 1 is 1.30 bits per heavy atom. The van der Waals surface area contributed by atoms with Crippen molar-refractivity contribution >= 4 is 11.6 Å². The van der Waals surface area contributed by atoms with Gasteiger partial charge < -0.3 is 24.7 Å². The normalized spacial score (nSPS) is 11.1. The molecule has 1 heterocycles. The molecule has 0 aliphatic heterocycles. The number of carbonyl (C=O) groups is 1. The van der Waals surface area contributed by atoms with Crippen LogP contribution in [0.1, 0.15) is 30.4 Å². The van der Waals surface area contributed by atoms with Crippen molar-refractivity contribution in [2.24, 2.45) is 0 Å². The maximum Gasteiger partial charge on any atom is 0.270 e. The molecule has 0 bridgehead atoms. The van der Waals surface area contributed by atoms with Gasteiger partial charge in [-0.2, -0.15) is 0 Å². The minimum Gasteiger partial charge on any atom is -0.397 e. The Morgan fingerprint density at radius 3 is 2.30 bits per heavy atom. The average Bonchev–Trinajstić information content (AvgIpc) is 2.80. The Labute approximate surface area is 120 Å². The molecule has 20 heavy (non-hydrogen) atoms. The molecule has 0 unspecified atom stereocenters. The van der Waals surface area contributed by atoms with Gasteiger partial charge in [0.1, 0.15) is 5.69 Å². The van der Waals surface area contributed by atoms with Gasteiger partial charge in [-0.25, -0.2) is 0 Å². The zero-order valence-electron chi connectivity index (χ0n) is 12.8. The van der Waals surface area contributed by atoms with Crippen LogP contribution in [0.15, 0.2) is 12.3 Å². The van der Waals surface area contributed by atoms with Crippen molar-refractivity contribution in [3.05, 3.63) is 18.0 Å². The van der Waals surface area contributed by atoms with Crippen LogP contribution in [0.3, 0.4) is 0 Å². The largest absolute Gasteiger partial charge is 0.397 e. The lowest BCUT2D eigenvalue weighted by molar-refractivity contribution is 0.0616. The van der Waals surface area contributed by atoms with Crippen LogP contribution in [-0.4, -0.2) is 55.9 Å². The number of carbonyl (C=O) groups excluding carboxylic acids is 1. The van der Waals surface area contributed by atoms with E-state index < -0.39 is 0 Å². The molecule has 0 fully saturated rings. The van der Waals surface area contributed by atoms with Crippen LogP contribution in [-0.2, 0) is 9.47 Å². The first-order valence-electron chi connectivity index (χ1n) is 6.75. The van der Waals surface area contributed by atoms with Crippen molar-refractivity contribution in [2.75, 3.05) is 46.3 Å². The molecule has 1 rings (SSSR count). The van der Waals surface area contributed by atoms with E-state index in [0.29, 0.717) is 37.7 Å². The second-order valence-corrected chi connectivity index (χ2v) is 4.94. The van der Waals surface area contributed by atoms with Crippen molar-refractivity contribution in [2.45, 2.75) is 19.9 Å². The number of nitrogen functional groups attached to an aromatic ring is 1. The molecule has 114 valence electrons. The molecule has 0 aliphatic rings. The minimum atomic E-state index is -0.0514. The summed E-state index contributed by atoms with van der Waals surface area (Å²) in [5.41, 5.74) is 7.01. The smallest absolute Gasteiger partial charge is 0.270 e. The van der Waals surface area contributed by atoms with Crippen molar-refractivity contribution < 1.29 is 14.3 Å². The first-order valence-corrected chi connectivity index (χ1v) is 6.75. The first kappa shape index (κ1) is 16.5. The molecule has 6 nitrogen and oxygen atoms in total. The topological polar surface area (TPSA) is 69.7 Å². The number of hydrogen-bond acceptors (Lipinski definition) is 4. The molecule has 1 aromatic heterocycles. The molecular formula is C14H25N3O3. The molecule has 0 atom stereocenters. The van der Waals surface area contributed by atoms with E-state index in [1.54, 1.807) is 31.4 Å². The summed E-state index contributed by atoms with van der Waals surface area (Å²) in [5.74, 6) is -0.0514. The molecule has 0 saturated heterocycles. The highest BCUT2D eigenvalue weighted by Crippen LogP contribution is 2.18. The molecular weight excluding hydrogens is 258 g/mol. The molecule has 6 heteroatoms. The SMILES string of the molecule is COCCN(CCOC)C(=O)c1cc(N)cn1C(C)C. The predicted molar refractivity (Wildman–Crippen MR) is 78.9 cm³/mol. The molecule has 2 N–H and O–H groups in total. The van der Waals surface area contributed by atoms with E-state index in [-0.39, 0.29) is 11.9 Å². The summed E-state index contributed by atoms with van der Waals surface area (Å²) < 4.78 is 12.0. The summed E-state index contributed by atoms with van der Waals surface area (Å²) in [5, 5.41) is 0. The number of ether oxygens (including phenoxy) is 2. The molecule has 1 amide bonds. The maximum absolute atomic E-state index is 12.6. The second kappa shape index (κ2) is 7.91. The molecule has 0 spiro atoms. The van der Waals surface area contributed by atoms with Crippen LogP contribution < -0.4 is 5.73 Å². The summed E-state index contributed by atoms with van der Waals surface area (Å²) in [6, 6.07) is 1.90. The third-order valence-corrected chi connectivity index (χ3v) is 3.06. The summed E-state index contributed by atoms with van der Waals surface area (Å²) in [6.07, 6.45) is 1.79. The Morgan fingerprint density at radius 2 is 1.85 bits per heavy atom. The molecule has 0 aromatic carbocycles. The number of aromatic nitrogens is 1. The zero-order chi connectivity index (χ0) is 15.1. The highest BCUT2D eigenvalue weighted by molar-refractivity contribution is 5.94. The molecule has 1 aromatic rings. The van der Waals surface area contributed by atoms with Gasteiger partial charge >= 0.3 is 0 Å². The Hall–Kier alpha value is -1.53. The summed E-state index contributed by atoms with van der Waals surface area (Å²) in [4.78, 5) is 14.4. The van der Waals surface area contributed by atoms with Crippen LogP contribution in [0, 0.1) is 0 Å². The fraction of sp³-hybridized carbons (Fsp3) is 0.643. The predicted octanol–water partition coefficient (Wildman–Crippen LogP) is 1.39. The van der Waals surface area contributed by atoms with Gasteiger partial charge in [0, 0.05) is 39.5 Å². The van der Waals surface area contributed by atoms with E-state index in [0.717, 1.165) is 0 Å². The highest BCUT2D eigenvalue weighted by Gasteiger charge is 2.20. The molecule has 0 aliphatic carbocycles. The average molecular weight is 283 g/mol. The quantitative estimate of drug-likeness (QED) is 0.782. The van der Waals surface area contributed by atoms with Gasteiger partial charge in [-0.1, -0.05) is 0 Å². The van der Waals surface area contributed by atoms with Crippen LogP contribution in [0.2, 0.25) is 0 Å². The summed E-state index contributed by atoms with van der Waals surface area (Å²) in [6.45, 7) is 6.08. The van der Waals surface area contributed by atoms with Gasteiger partial charge in [0.15, 0.2) is 0 Å². The van der Waals surface area contributed by atoms with Crippen molar-refractivity contribution in [3.63, 3.8) is 0 Å². The second-order valence-electron chi connectivity index (χ2n) is 4.94. The van der Waals surface area contributed by atoms with E-state index in [1.807, 2.05) is 18.4 Å². The number of amides is 1. The first-order chi connectivity index (χ1) is 9.51. The van der Waals surface area contributed by atoms with Gasteiger partial charge in [-0.15, -0.1) is 0 Å². The third kappa shape index (κ3) is 4.25. The van der Waals surface area contributed by atoms with Gasteiger partial charge in [-0.3, -0.25) is 4.79 Å². The van der Waals surface area contributed by atoms with Gasteiger partial charge in [0.2, 0.25) is 0 Å². The van der Waals surface area contributed by atoms with E-state index >= 15 is 0 Å². The summed E-state index contributed by atoms with van der Waals surface area (Å²) >= 11 is 0. The Balaban J connectivity index is 2.92. The monoisotopic (exact) mass is 283 g/mol. The number of hydrogen-bond donors (Lipinski definition) is 1. The lowest BCUT2D eigenvalue weighted by Crippen LogP contribution is -2.37. The number of nitrogens with two attached hydrogens (primary N) is 1. The van der Waals surface area contributed by atoms with E-state index in [1.165, 1.54) is 0 Å². The standard InChI is InChI=1S/C14H25N3O3/c1-11(2)17-10-12(15)9-13(17)14(18)16(5-7-19-3)6-8-20-4/h9-11H,5-8,15H2,1-4H3. The summed E-state index contributed by atoms with van der Waals surface area (Å²) in [7, 11) is 3.24. The van der Waals surface area contributed by atoms with Crippen LogP contribution in [0.25, 0.3) is 0 Å². The maximum atomic E-state index is 12.6. The highest BCUT2D eigenvalue weighted by atomic mass is 16.5. The number of anilines is 1. The zero-order valence-corrected chi connectivity index (χ0v) is 12.8. The third-order valence-electron chi connectivity index (χ3n) is 3.06. The van der Waals surface area contributed by atoms with Crippen molar-refractivity contribution in [1.82, 2.24) is 9.47 Å². The van der Waals surface area contributed by atoms with Crippen molar-refractivity contribution in [3.8, 4) is 0 Å². The van der Waals surface area contributed by atoms with Gasteiger partial charge in [0.05, 0.1) is 18.9 Å². The Bertz CT molecular complexity index is 421. The van der Waals surface area contributed by atoms with E-state index in [4.69, 9.17) is 15.2 Å². The fourth-order valence-corrected chi connectivity index (χ4v) is 1.98. The molecule has 0 radical (unpaired) electrons. The number of nitrogens with zero attached hydrogens (tertiary/aromatic N) is 2. The van der Waals surface area contributed by atoms with Gasteiger partial charge in [0.25, 0.3) is 5.91 Å². The number of methoxy groups -OCH3 is 2. The molecule has 0 saturated carbocycles.